The van der Waals surface area contributed by atoms with Gasteiger partial charge in [-0.15, -0.1) is 0 Å². The molecule has 104 valence electrons. The van der Waals surface area contributed by atoms with E-state index in [9.17, 15) is 4.79 Å². The summed E-state index contributed by atoms with van der Waals surface area (Å²) in [5.74, 6) is 0.514. The number of ether oxygens (including phenoxy) is 2. The van der Waals surface area contributed by atoms with Crippen molar-refractivity contribution in [1.29, 1.82) is 0 Å². The largest absolute Gasteiger partial charge is 0.492 e. The van der Waals surface area contributed by atoms with Crippen LogP contribution in [-0.4, -0.2) is 19.7 Å². The first-order valence-corrected chi connectivity index (χ1v) is 6.53. The summed E-state index contributed by atoms with van der Waals surface area (Å²) in [6, 6.07) is 6.11. The number of carbonyl (C=O) groups is 1. The topological polar surface area (TPSA) is 61.5 Å². The fraction of sp³-hybridized carbons (Fsp3) is 0.533. The second kappa shape index (κ2) is 5.21. The molecule has 4 heteroatoms. The van der Waals surface area contributed by atoms with Gasteiger partial charge in [0.2, 0.25) is 0 Å². The number of carbonyl (C=O) groups excluding carboxylic acids is 1. The van der Waals surface area contributed by atoms with Gasteiger partial charge in [-0.05, 0) is 49.9 Å². The Balaban J connectivity index is 2.03. The Morgan fingerprint density at radius 2 is 2.21 bits per heavy atom. The highest BCUT2D eigenvalue weighted by atomic mass is 16.5. The Morgan fingerprint density at radius 3 is 2.89 bits per heavy atom. The lowest BCUT2D eigenvalue weighted by Gasteiger charge is -2.21. The molecule has 19 heavy (non-hydrogen) atoms. The van der Waals surface area contributed by atoms with Crippen molar-refractivity contribution in [3.05, 3.63) is 29.3 Å². The van der Waals surface area contributed by atoms with Crippen LogP contribution in [0.5, 0.6) is 5.75 Å². The predicted molar refractivity (Wildman–Crippen MR) is 73.0 cm³/mol. The molecule has 1 aliphatic rings. The van der Waals surface area contributed by atoms with E-state index < -0.39 is 5.41 Å². The quantitative estimate of drug-likeness (QED) is 0.846. The predicted octanol–water partition coefficient (Wildman–Crippen LogP) is 2.21. The number of rotatable bonds is 4. The Morgan fingerprint density at radius 1 is 1.47 bits per heavy atom. The van der Waals surface area contributed by atoms with Gasteiger partial charge >= 0.3 is 5.97 Å². The summed E-state index contributed by atoms with van der Waals surface area (Å²) in [6.07, 6.45) is 1.99. The average molecular weight is 263 g/mol. The number of benzene rings is 1. The van der Waals surface area contributed by atoms with Crippen LogP contribution >= 0.6 is 0 Å². The highest BCUT2D eigenvalue weighted by molar-refractivity contribution is 5.75. The van der Waals surface area contributed by atoms with E-state index in [1.54, 1.807) is 0 Å². The number of esters is 1. The van der Waals surface area contributed by atoms with Crippen molar-refractivity contribution in [2.24, 2.45) is 11.1 Å². The molecule has 1 aliphatic carbocycles. The van der Waals surface area contributed by atoms with E-state index >= 15 is 0 Å². The van der Waals surface area contributed by atoms with Gasteiger partial charge < -0.3 is 15.2 Å². The number of fused-ring (bicyclic) bond motifs is 1. The second-order valence-electron chi connectivity index (χ2n) is 5.67. The van der Waals surface area contributed by atoms with Crippen molar-refractivity contribution >= 4 is 5.97 Å². The molecule has 0 aromatic heterocycles. The molecule has 1 unspecified atom stereocenters. The number of hydrogen-bond donors (Lipinski definition) is 1. The van der Waals surface area contributed by atoms with Crippen LogP contribution in [-0.2, 0) is 16.0 Å². The van der Waals surface area contributed by atoms with Crippen LogP contribution in [0, 0.1) is 5.41 Å². The lowest BCUT2D eigenvalue weighted by molar-refractivity contribution is -0.152. The summed E-state index contributed by atoms with van der Waals surface area (Å²) in [5.41, 5.74) is 7.81. The first-order valence-electron chi connectivity index (χ1n) is 6.53. The number of methoxy groups -OCH3 is 1. The van der Waals surface area contributed by atoms with E-state index in [1.807, 2.05) is 32.0 Å². The van der Waals surface area contributed by atoms with Crippen molar-refractivity contribution in [3.63, 3.8) is 0 Å². The molecular formula is C15H21NO3. The monoisotopic (exact) mass is 263 g/mol. The molecule has 0 saturated carbocycles. The fourth-order valence-corrected chi connectivity index (χ4v) is 2.32. The summed E-state index contributed by atoms with van der Waals surface area (Å²) in [5, 5.41) is 0. The molecule has 0 amide bonds. The molecule has 0 bridgehead atoms. The average Bonchev–Trinajstić information content (AvgIpc) is 2.77. The minimum absolute atomic E-state index is 0.149. The zero-order valence-corrected chi connectivity index (χ0v) is 11.7. The van der Waals surface area contributed by atoms with Crippen molar-refractivity contribution in [3.8, 4) is 5.75 Å². The van der Waals surface area contributed by atoms with Crippen LogP contribution in [0.3, 0.4) is 0 Å². The molecule has 0 fully saturated rings. The summed E-state index contributed by atoms with van der Waals surface area (Å²) in [4.78, 5) is 11.6. The minimum atomic E-state index is -0.649. The molecule has 1 aromatic rings. The van der Waals surface area contributed by atoms with Gasteiger partial charge in [0.15, 0.2) is 0 Å². The van der Waals surface area contributed by atoms with E-state index in [1.165, 1.54) is 18.2 Å². The Kier molecular flexibility index (Phi) is 3.80. The number of nitrogens with two attached hydrogens (primary N) is 1. The molecule has 0 aliphatic heterocycles. The van der Waals surface area contributed by atoms with Gasteiger partial charge in [-0.1, -0.05) is 6.07 Å². The smallest absolute Gasteiger partial charge is 0.314 e. The summed E-state index contributed by atoms with van der Waals surface area (Å²) < 4.78 is 10.5. The Labute approximate surface area is 113 Å². The van der Waals surface area contributed by atoms with E-state index in [4.69, 9.17) is 15.2 Å². The third-order valence-corrected chi connectivity index (χ3v) is 3.58. The summed E-state index contributed by atoms with van der Waals surface area (Å²) in [7, 11) is 1.39. The Hall–Kier alpha value is -1.55. The van der Waals surface area contributed by atoms with Gasteiger partial charge in [0.1, 0.15) is 12.4 Å². The first-order chi connectivity index (χ1) is 8.94. The zero-order valence-electron chi connectivity index (χ0n) is 11.7. The highest BCUT2D eigenvalue weighted by Gasteiger charge is 2.30. The molecule has 0 radical (unpaired) electrons. The molecule has 0 saturated heterocycles. The van der Waals surface area contributed by atoms with E-state index in [-0.39, 0.29) is 12.0 Å². The van der Waals surface area contributed by atoms with E-state index in [2.05, 4.69) is 0 Å². The maximum absolute atomic E-state index is 11.6. The first kappa shape index (κ1) is 13.9. The number of hydrogen-bond acceptors (Lipinski definition) is 4. The van der Waals surface area contributed by atoms with Crippen molar-refractivity contribution in [2.75, 3.05) is 13.7 Å². The molecule has 0 spiro atoms. The van der Waals surface area contributed by atoms with Crippen LogP contribution in [0.1, 0.15) is 37.4 Å². The van der Waals surface area contributed by atoms with Crippen LogP contribution in [0.4, 0.5) is 0 Å². The van der Waals surface area contributed by atoms with Gasteiger partial charge in [0.25, 0.3) is 0 Å². The zero-order chi connectivity index (χ0) is 14.0. The lowest BCUT2D eigenvalue weighted by Crippen LogP contribution is -2.32. The summed E-state index contributed by atoms with van der Waals surface area (Å²) in [6.45, 7) is 3.91. The van der Waals surface area contributed by atoms with Crippen molar-refractivity contribution < 1.29 is 14.3 Å². The standard InChI is InChI=1S/C15H21NO3/c1-15(2,14(17)18-3)9-19-11-5-6-12-10(8-11)4-7-13(12)16/h5-6,8,13H,4,7,9,16H2,1-3H3. The highest BCUT2D eigenvalue weighted by Crippen LogP contribution is 2.32. The van der Waals surface area contributed by atoms with Crippen LogP contribution in [0.25, 0.3) is 0 Å². The van der Waals surface area contributed by atoms with Gasteiger partial charge in [-0.2, -0.15) is 0 Å². The fourth-order valence-electron chi connectivity index (χ4n) is 2.32. The lowest BCUT2D eigenvalue weighted by atomic mass is 9.95. The molecule has 1 aromatic carbocycles. The summed E-state index contributed by atoms with van der Waals surface area (Å²) >= 11 is 0. The van der Waals surface area contributed by atoms with Crippen LogP contribution < -0.4 is 10.5 Å². The Bertz CT molecular complexity index is 482. The van der Waals surface area contributed by atoms with Crippen LogP contribution in [0.15, 0.2) is 18.2 Å². The van der Waals surface area contributed by atoms with Crippen LogP contribution in [0.2, 0.25) is 0 Å². The van der Waals surface area contributed by atoms with E-state index in [0.717, 1.165) is 18.6 Å². The molecule has 4 nitrogen and oxygen atoms in total. The van der Waals surface area contributed by atoms with Gasteiger partial charge in [-0.3, -0.25) is 4.79 Å². The third kappa shape index (κ3) is 2.89. The molecule has 0 heterocycles. The SMILES string of the molecule is COC(=O)C(C)(C)COc1ccc2c(c1)CCC2N. The minimum Gasteiger partial charge on any atom is -0.492 e. The maximum Gasteiger partial charge on any atom is 0.314 e. The molecule has 2 N–H and O–H groups in total. The van der Waals surface area contributed by atoms with Gasteiger partial charge in [0.05, 0.1) is 12.5 Å². The molecule has 2 rings (SSSR count). The number of aryl methyl sites for hydroxylation is 1. The normalized spacial score (nSPS) is 18.0. The maximum atomic E-state index is 11.6. The molecular weight excluding hydrogens is 242 g/mol. The van der Waals surface area contributed by atoms with Gasteiger partial charge in [-0.25, -0.2) is 0 Å². The second-order valence-corrected chi connectivity index (χ2v) is 5.67. The molecule has 1 atom stereocenters. The van der Waals surface area contributed by atoms with Crippen molar-refractivity contribution in [2.45, 2.75) is 32.7 Å². The van der Waals surface area contributed by atoms with Crippen molar-refractivity contribution in [1.82, 2.24) is 0 Å². The van der Waals surface area contributed by atoms with Gasteiger partial charge in [0, 0.05) is 6.04 Å². The van der Waals surface area contributed by atoms with E-state index in [0.29, 0.717) is 6.61 Å². The third-order valence-electron chi connectivity index (χ3n) is 3.58.